The number of hydrogen-bond donors (Lipinski definition) is 1. The number of rotatable bonds is 4. The van der Waals surface area contributed by atoms with E-state index in [2.05, 4.69) is 5.32 Å². The zero-order valence-electron chi connectivity index (χ0n) is 11.7. The lowest BCUT2D eigenvalue weighted by molar-refractivity contribution is 0.548. The van der Waals surface area contributed by atoms with Gasteiger partial charge in [-0.15, -0.1) is 0 Å². The second-order valence-electron chi connectivity index (χ2n) is 5.55. The van der Waals surface area contributed by atoms with Crippen LogP contribution in [-0.2, 0) is 6.54 Å². The van der Waals surface area contributed by atoms with Crippen molar-refractivity contribution in [3.05, 3.63) is 58.9 Å². The van der Waals surface area contributed by atoms with Gasteiger partial charge >= 0.3 is 0 Å². The molecule has 0 atom stereocenters. The average molecular weight is 291 g/mol. The molecule has 2 aromatic carbocycles. The van der Waals surface area contributed by atoms with E-state index >= 15 is 0 Å². The maximum Gasteiger partial charge on any atom is 0.136 e. The summed E-state index contributed by atoms with van der Waals surface area (Å²) in [6.45, 7) is 2.55. The summed E-state index contributed by atoms with van der Waals surface area (Å²) in [5, 5.41) is 3.39. The normalized spacial score (nSPS) is 14.5. The molecule has 0 radical (unpaired) electrons. The van der Waals surface area contributed by atoms with Gasteiger partial charge in [0.1, 0.15) is 17.5 Å². The Balaban J connectivity index is 1.91. The van der Waals surface area contributed by atoms with Crippen LogP contribution in [0, 0.1) is 24.4 Å². The molecule has 1 nitrogen and oxygen atoms in total. The fourth-order valence-corrected chi connectivity index (χ4v) is 2.47. The van der Waals surface area contributed by atoms with Gasteiger partial charge in [0, 0.05) is 24.7 Å². The van der Waals surface area contributed by atoms with Crippen LogP contribution in [-0.4, -0.2) is 6.04 Å². The van der Waals surface area contributed by atoms with Gasteiger partial charge in [-0.25, -0.2) is 13.2 Å². The van der Waals surface area contributed by atoms with E-state index in [4.69, 9.17) is 0 Å². The number of nitrogens with one attached hydrogen (secondary N) is 1. The van der Waals surface area contributed by atoms with Crippen LogP contribution in [0.2, 0.25) is 0 Å². The van der Waals surface area contributed by atoms with E-state index < -0.39 is 17.5 Å². The molecule has 1 aliphatic carbocycles. The quantitative estimate of drug-likeness (QED) is 0.884. The monoisotopic (exact) mass is 291 g/mol. The predicted octanol–water partition coefficient (Wildman–Crippen LogP) is 4.33. The molecule has 0 heterocycles. The van der Waals surface area contributed by atoms with E-state index in [1.165, 1.54) is 12.8 Å². The minimum Gasteiger partial charge on any atom is -0.310 e. The molecule has 4 heteroatoms. The van der Waals surface area contributed by atoms with Gasteiger partial charge < -0.3 is 5.32 Å². The third-order valence-electron chi connectivity index (χ3n) is 3.74. The molecule has 0 bridgehead atoms. The Hall–Kier alpha value is -1.81. The van der Waals surface area contributed by atoms with E-state index in [0.717, 1.165) is 17.7 Å². The van der Waals surface area contributed by atoms with Crippen molar-refractivity contribution >= 4 is 0 Å². The van der Waals surface area contributed by atoms with Gasteiger partial charge in [-0.05, 0) is 36.5 Å². The summed E-state index contributed by atoms with van der Waals surface area (Å²) in [5.74, 6) is -2.66. The first kappa shape index (κ1) is 14.1. The lowest BCUT2D eigenvalue weighted by Gasteiger charge is -2.11. The van der Waals surface area contributed by atoms with Gasteiger partial charge in [-0.2, -0.15) is 0 Å². The SMILES string of the molecule is Cc1cc(CNC2CC2)ccc1-c1c(F)cc(F)cc1F. The number of aryl methyl sites for hydroxylation is 1. The van der Waals surface area contributed by atoms with Crippen LogP contribution < -0.4 is 5.32 Å². The lowest BCUT2D eigenvalue weighted by atomic mass is 9.97. The molecule has 1 aliphatic rings. The largest absolute Gasteiger partial charge is 0.310 e. The molecule has 1 saturated carbocycles. The average Bonchev–Trinajstić information content (AvgIpc) is 3.21. The summed E-state index contributed by atoms with van der Waals surface area (Å²) in [7, 11) is 0. The third kappa shape index (κ3) is 3.10. The van der Waals surface area contributed by atoms with Crippen molar-refractivity contribution < 1.29 is 13.2 Å². The van der Waals surface area contributed by atoms with Crippen molar-refractivity contribution in [3.8, 4) is 11.1 Å². The van der Waals surface area contributed by atoms with Crippen LogP contribution in [0.1, 0.15) is 24.0 Å². The van der Waals surface area contributed by atoms with Crippen LogP contribution in [0.3, 0.4) is 0 Å². The van der Waals surface area contributed by atoms with Gasteiger partial charge in [0.05, 0.1) is 5.56 Å². The highest BCUT2D eigenvalue weighted by molar-refractivity contribution is 5.68. The van der Waals surface area contributed by atoms with E-state index in [1.54, 1.807) is 13.0 Å². The number of hydrogen-bond acceptors (Lipinski definition) is 1. The molecule has 3 rings (SSSR count). The predicted molar refractivity (Wildman–Crippen MR) is 76.4 cm³/mol. The van der Waals surface area contributed by atoms with E-state index in [1.807, 2.05) is 12.1 Å². The standard InChI is InChI=1S/C17H16F3N/c1-10-6-11(9-21-13-3-4-13)2-5-14(10)17-15(19)7-12(18)8-16(17)20/h2,5-8,13,21H,3-4,9H2,1H3. The minimum absolute atomic E-state index is 0.171. The van der Waals surface area contributed by atoms with Gasteiger partial charge in [0.25, 0.3) is 0 Å². The maximum absolute atomic E-state index is 13.8. The molecule has 1 fully saturated rings. The molecule has 0 saturated heterocycles. The maximum atomic E-state index is 13.8. The molecule has 1 N–H and O–H groups in total. The van der Waals surface area contributed by atoms with Gasteiger partial charge in [-0.1, -0.05) is 18.2 Å². The molecule has 0 unspecified atom stereocenters. The Bertz CT molecular complexity index is 655. The van der Waals surface area contributed by atoms with Crippen LogP contribution in [0.4, 0.5) is 13.2 Å². The molecule has 110 valence electrons. The van der Waals surface area contributed by atoms with Crippen LogP contribution in [0.25, 0.3) is 11.1 Å². The van der Waals surface area contributed by atoms with Crippen molar-refractivity contribution in [1.29, 1.82) is 0 Å². The second-order valence-corrected chi connectivity index (χ2v) is 5.55. The molecular weight excluding hydrogens is 275 g/mol. The van der Waals surface area contributed by atoms with Crippen molar-refractivity contribution in [2.45, 2.75) is 32.4 Å². The van der Waals surface area contributed by atoms with Gasteiger partial charge in [0.2, 0.25) is 0 Å². The molecule has 0 spiro atoms. The van der Waals surface area contributed by atoms with Crippen molar-refractivity contribution in [3.63, 3.8) is 0 Å². The van der Waals surface area contributed by atoms with Gasteiger partial charge in [-0.3, -0.25) is 0 Å². The minimum atomic E-state index is -0.906. The van der Waals surface area contributed by atoms with Gasteiger partial charge in [0.15, 0.2) is 0 Å². The Morgan fingerprint density at radius 2 is 1.71 bits per heavy atom. The first-order valence-corrected chi connectivity index (χ1v) is 7.02. The fourth-order valence-electron chi connectivity index (χ4n) is 2.47. The summed E-state index contributed by atoms with van der Waals surface area (Å²) in [4.78, 5) is 0. The zero-order valence-corrected chi connectivity index (χ0v) is 11.7. The second kappa shape index (κ2) is 5.53. The van der Waals surface area contributed by atoms with Crippen molar-refractivity contribution in [1.82, 2.24) is 5.32 Å². The number of benzene rings is 2. The van der Waals surface area contributed by atoms with Crippen LogP contribution >= 0.6 is 0 Å². The van der Waals surface area contributed by atoms with E-state index in [9.17, 15) is 13.2 Å². The molecule has 0 amide bonds. The first-order chi connectivity index (χ1) is 10.0. The Morgan fingerprint density at radius 3 is 2.29 bits per heavy atom. The lowest BCUT2D eigenvalue weighted by Crippen LogP contribution is -2.15. The molecule has 0 aliphatic heterocycles. The summed E-state index contributed by atoms with van der Waals surface area (Å²) >= 11 is 0. The number of halogens is 3. The molecule has 21 heavy (non-hydrogen) atoms. The highest BCUT2D eigenvalue weighted by atomic mass is 19.1. The highest BCUT2D eigenvalue weighted by Gasteiger charge is 2.20. The summed E-state index contributed by atoms with van der Waals surface area (Å²) in [6, 6.07) is 7.48. The summed E-state index contributed by atoms with van der Waals surface area (Å²) < 4.78 is 40.7. The van der Waals surface area contributed by atoms with Crippen molar-refractivity contribution in [2.75, 3.05) is 0 Å². The van der Waals surface area contributed by atoms with Crippen LogP contribution in [0.15, 0.2) is 30.3 Å². The Labute approximate surface area is 121 Å². The van der Waals surface area contributed by atoms with Crippen molar-refractivity contribution in [2.24, 2.45) is 0 Å². The summed E-state index contributed by atoms with van der Waals surface area (Å²) in [5.41, 5.74) is 2.14. The molecule has 0 aromatic heterocycles. The fraction of sp³-hybridized carbons (Fsp3) is 0.294. The van der Waals surface area contributed by atoms with E-state index in [-0.39, 0.29) is 5.56 Å². The topological polar surface area (TPSA) is 12.0 Å². The Kier molecular flexibility index (Phi) is 3.72. The third-order valence-corrected chi connectivity index (χ3v) is 3.74. The Morgan fingerprint density at radius 1 is 1.05 bits per heavy atom. The highest BCUT2D eigenvalue weighted by Crippen LogP contribution is 2.30. The van der Waals surface area contributed by atoms with E-state index in [0.29, 0.717) is 23.7 Å². The zero-order chi connectivity index (χ0) is 15.0. The first-order valence-electron chi connectivity index (χ1n) is 7.02. The van der Waals surface area contributed by atoms with Crippen LogP contribution in [0.5, 0.6) is 0 Å². The molecular formula is C17H16F3N. The summed E-state index contributed by atoms with van der Waals surface area (Å²) in [6.07, 6.45) is 2.42. The molecule has 2 aromatic rings. The smallest absolute Gasteiger partial charge is 0.136 e.